The van der Waals surface area contributed by atoms with Crippen molar-refractivity contribution >= 4 is 0 Å². The fourth-order valence-corrected chi connectivity index (χ4v) is 3.67. The van der Waals surface area contributed by atoms with E-state index in [-0.39, 0.29) is 6.61 Å². The van der Waals surface area contributed by atoms with Crippen LogP contribution in [0.3, 0.4) is 0 Å². The van der Waals surface area contributed by atoms with Crippen LogP contribution in [-0.2, 0) is 0 Å². The fraction of sp³-hybridized carbons (Fsp3) is 0.846. The summed E-state index contributed by atoms with van der Waals surface area (Å²) in [7, 11) is 0. The molecule has 4 heteroatoms. The maximum Gasteiger partial charge on any atom is 0.108 e. The van der Waals surface area contributed by atoms with E-state index in [9.17, 15) is 15.3 Å². The summed E-state index contributed by atoms with van der Waals surface area (Å²) >= 11 is 0. The van der Waals surface area contributed by atoms with Crippen molar-refractivity contribution in [3.8, 4) is 0 Å². The second-order valence-corrected chi connectivity index (χ2v) is 8.65. The Kier molecular flexibility index (Phi) is 21.7. The van der Waals surface area contributed by atoms with Crippen LogP contribution in [0, 0.1) is 0 Å². The third-order valence-corrected chi connectivity index (χ3v) is 5.56. The normalized spacial score (nSPS) is 12.5. The van der Waals surface area contributed by atoms with Crippen LogP contribution in [0.25, 0.3) is 0 Å². The minimum Gasteiger partial charge on any atom is -0.511 e. The number of aliphatic hydroxyl groups is 3. The van der Waals surface area contributed by atoms with E-state index in [1.807, 2.05) is 0 Å². The van der Waals surface area contributed by atoms with Crippen molar-refractivity contribution in [2.75, 3.05) is 13.2 Å². The van der Waals surface area contributed by atoms with Crippen LogP contribution in [0.1, 0.15) is 129 Å². The molecule has 0 aromatic rings. The van der Waals surface area contributed by atoms with Gasteiger partial charge in [0.1, 0.15) is 11.5 Å². The van der Waals surface area contributed by atoms with Crippen molar-refractivity contribution < 1.29 is 15.3 Å². The molecule has 0 saturated carbocycles. The highest BCUT2D eigenvalue weighted by Gasteiger charge is 2.03. The number of rotatable bonds is 22. The van der Waals surface area contributed by atoms with Gasteiger partial charge in [0, 0.05) is 31.8 Å². The Morgan fingerprint density at radius 1 is 0.567 bits per heavy atom. The zero-order valence-electron chi connectivity index (χ0n) is 20.1. The van der Waals surface area contributed by atoms with Crippen molar-refractivity contribution in [2.24, 2.45) is 0 Å². The molecule has 0 rings (SSSR count). The average Bonchev–Trinajstić information content (AvgIpc) is 2.72. The Bertz CT molecular complexity index is 385. The molecule has 0 aliphatic rings. The molecule has 0 spiro atoms. The minimum atomic E-state index is -0.0108. The SMILES string of the molecule is CCCCCCCCCC/C(O)=C/N(/C=C(\O)CCCCCCCCCC)CCO. The van der Waals surface area contributed by atoms with Gasteiger partial charge in [0.15, 0.2) is 0 Å². The molecular weight excluding hydrogens is 374 g/mol. The summed E-state index contributed by atoms with van der Waals surface area (Å²) in [5.74, 6) is 0.649. The van der Waals surface area contributed by atoms with E-state index < -0.39 is 0 Å². The molecule has 0 heterocycles. The van der Waals surface area contributed by atoms with Gasteiger partial charge in [0.05, 0.1) is 6.61 Å². The number of nitrogens with zero attached hydrogens (tertiary/aromatic N) is 1. The lowest BCUT2D eigenvalue weighted by molar-refractivity contribution is 0.252. The summed E-state index contributed by atoms with van der Waals surface area (Å²) in [5.41, 5.74) is 0. The molecule has 30 heavy (non-hydrogen) atoms. The van der Waals surface area contributed by atoms with Crippen molar-refractivity contribution in [2.45, 2.75) is 129 Å². The quantitative estimate of drug-likeness (QED) is 0.121. The molecule has 0 bridgehead atoms. The fourth-order valence-electron chi connectivity index (χ4n) is 3.67. The Morgan fingerprint density at radius 2 is 0.900 bits per heavy atom. The number of unbranched alkanes of at least 4 members (excludes halogenated alkanes) is 14. The van der Waals surface area contributed by atoms with E-state index in [2.05, 4.69) is 13.8 Å². The van der Waals surface area contributed by atoms with Gasteiger partial charge < -0.3 is 20.2 Å². The van der Waals surface area contributed by atoms with Crippen LogP contribution in [0.4, 0.5) is 0 Å². The first-order chi connectivity index (χ1) is 14.6. The third kappa shape index (κ3) is 20.1. The van der Waals surface area contributed by atoms with E-state index in [0.29, 0.717) is 30.9 Å². The van der Waals surface area contributed by atoms with Crippen LogP contribution >= 0.6 is 0 Å². The van der Waals surface area contributed by atoms with Gasteiger partial charge in [-0.2, -0.15) is 0 Å². The first-order valence-corrected chi connectivity index (χ1v) is 12.8. The van der Waals surface area contributed by atoms with Crippen LogP contribution in [0.5, 0.6) is 0 Å². The molecule has 0 unspecified atom stereocenters. The Labute approximate surface area is 187 Å². The molecule has 3 N–H and O–H groups in total. The van der Waals surface area contributed by atoms with Gasteiger partial charge in [-0.3, -0.25) is 0 Å². The van der Waals surface area contributed by atoms with E-state index in [1.165, 1.54) is 77.0 Å². The van der Waals surface area contributed by atoms with Gasteiger partial charge in [0.25, 0.3) is 0 Å². The standard InChI is InChI=1S/C26H51NO3/c1-3-5-7-9-11-13-15-17-19-25(29)23-27(21-22-28)24-26(30)20-18-16-14-12-10-8-6-4-2/h23-24,28-30H,3-22H2,1-2H3/b25-23-,26-24-. The molecule has 0 aromatic heterocycles. The molecule has 0 aliphatic carbocycles. The topological polar surface area (TPSA) is 63.9 Å². The molecule has 0 aliphatic heterocycles. The summed E-state index contributed by atoms with van der Waals surface area (Å²) in [5, 5.41) is 29.7. The van der Waals surface area contributed by atoms with Crippen molar-refractivity contribution in [1.82, 2.24) is 4.90 Å². The van der Waals surface area contributed by atoms with Crippen LogP contribution in [0.2, 0.25) is 0 Å². The Balaban J connectivity index is 4.04. The van der Waals surface area contributed by atoms with E-state index in [1.54, 1.807) is 17.3 Å². The second kappa shape index (κ2) is 22.5. The van der Waals surface area contributed by atoms with Crippen molar-refractivity contribution in [3.05, 3.63) is 23.9 Å². The molecule has 0 saturated heterocycles. The number of allylic oxidation sites excluding steroid dienone is 2. The Morgan fingerprint density at radius 3 is 1.23 bits per heavy atom. The summed E-state index contributed by atoms with van der Waals surface area (Å²) in [6.07, 6.45) is 24.5. The van der Waals surface area contributed by atoms with Gasteiger partial charge in [-0.05, 0) is 12.8 Å². The smallest absolute Gasteiger partial charge is 0.108 e. The van der Waals surface area contributed by atoms with Gasteiger partial charge in [-0.15, -0.1) is 0 Å². The van der Waals surface area contributed by atoms with E-state index in [4.69, 9.17) is 0 Å². The molecular formula is C26H51NO3. The van der Waals surface area contributed by atoms with E-state index >= 15 is 0 Å². The predicted molar refractivity (Wildman–Crippen MR) is 130 cm³/mol. The zero-order chi connectivity index (χ0) is 22.3. The molecule has 0 atom stereocenters. The van der Waals surface area contributed by atoms with Crippen molar-refractivity contribution in [1.29, 1.82) is 0 Å². The van der Waals surface area contributed by atoms with Crippen LogP contribution in [-0.4, -0.2) is 33.4 Å². The maximum absolute atomic E-state index is 10.2. The molecule has 0 aromatic carbocycles. The first kappa shape index (κ1) is 28.8. The second-order valence-electron chi connectivity index (χ2n) is 8.65. The van der Waals surface area contributed by atoms with Gasteiger partial charge in [-0.1, -0.05) is 104 Å². The lowest BCUT2D eigenvalue weighted by Crippen LogP contribution is -2.16. The lowest BCUT2D eigenvalue weighted by Gasteiger charge is -2.16. The number of aliphatic hydroxyl groups excluding tert-OH is 3. The Hall–Kier alpha value is -1.16. The highest BCUT2D eigenvalue weighted by Crippen LogP contribution is 2.14. The van der Waals surface area contributed by atoms with E-state index in [0.717, 1.165) is 25.7 Å². The lowest BCUT2D eigenvalue weighted by atomic mass is 10.1. The highest BCUT2D eigenvalue weighted by atomic mass is 16.3. The zero-order valence-corrected chi connectivity index (χ0v) is 20.1. The largest absolute Gasteiger partial charge is 0.511 e. The predicted octanol–water partition coefficient (Wildman–Crippen LogP) is 8.14. The van der Waals surface area contributed by atoms with Gasteiger partial charge >= 0.3 is 0 Å². The average molecular weight is 426 g/mol. The molecule has 0 fully saturated rings. The maximum atomic E-state index is 10.2. The molecule has 0 radical (unpaired) electrons. The summed E-state index contributed by atoms with van der Waals surface area (Å²) < 4.78 is 0. The number of hydrogen-bond acceptors (Lipinski definition) is 4. The van der Waals surface area contributed by atoms with Gasteiger partial charge in [-0.25, -0.2) is 0 Å². The summed E-state index contributed by atoms with van der Waals surface area (Å²) in [6.45, 7) is 4.84. The summed E-state index contributed by atoms with van der Waals surface area (Å²) in [6, 6.07) is 0. The third-order valence-electron chi connectivity index (χ3n) is 5.56. The molecule has 4 nitrogen and oxygen atoms in total. The highest BCUT2D eigenvalue weighted by molar-refractivity contribution is 4.99. The van der Waals surface area contributed by atoms with Crippen LogP contribution < -0.4 is 0 Å². The molecule has 0 amide bonds. The first-order valence-electron chi connectivity index (χ1n) is 12.8. The summed E-state index contributed by atoms with van der Waals surface area (Å²) in [4.78, 5) is 1.71. The van der Waals surface area contributed by atoms with Crippen molar-refractivity contribution in [3.63, 3.8) is 0 Å². The number of hydrogen-bond donors (Lipinski definition) is 3. The monoisotopic (exact) mass is 425 g/mol. The minimum absolute atomic E-state index is 0.0108. The molecule has 178 valence electrons. The van der Waals surface area contributed by atoms with Crippen LogP contribution in [0.15, 0.2) is 23.9 Å². The van der Waals surface area contributed by atoms with Gasteiger partial charge in [0.2, 0.25) is 0 Å².